The number of likely N-dealkylation sites (N-methyl/N-ethyl adjacent to an activating group) is 1. The highest BCUT2D eigenvalue weighted by Crippen LogP contribution is 2.34. The summed E-state index contributed by atoms with van der Waals surface area (Å²) in [5, 5.41) is 0. The summed E-state index contributed by atoms with van der Waals surface area (Å²) in [7, 11) is 4.41. The van der Waals surface area contributed by atoms with Gasteiger partial charge in [0.25, 0.3) is 5.91 Å². The number of alkyl halides is 2. The van der Waals surface area contributed by atoms with E-state index < -0.39 is 6.61 Å². The molecule has 0 aliphatic heterocycles. The molecule has 0 saturated heterocycles. The van der Waals surface area contributed by atoms with E-state index in [1.165, 1.54) is 33.5 Å². The normalized spacial score (nSPS) is 11.3. The minimum absolute atomic E-state index is 0.0858. The fourth-order valence-corrected chi connectivity index (χ4v) is 3.09. The van der Waals surface area contributed by atoms with Crippen LogP contribution >= 0.6 is 0 Å². The predicted molar refractivity (Wildman–Crippen MR) is 115 cm³/mol. The molecule has 0 spiro atoms. The molecule has 2 aromatic carbocycles. The molecule has 0 bridgehead atoms. The van der Waals surface area contributed by atoms with Gasteiger partial charge in [0, 0.05) is 18.7 Å². The monoisotopic (exact) mass is 435 g/mol. The topological polar surface area (TPSA) is 57.2 Å². The van der Waals surface area contributed by atoms with Crippen LogP contribution < -0.4 is 18.9 Å². The lowest BCUT2D eigenvalue weighted by Gasteiger charge is -2.21. The molecule has 6 nitrogen and oxygen atoms in total. The molecule has 0 heterocycles. The van der Waals surface area contributed by atoms with Crippen LogP contribution in [0.5, 0.6) is 23.0 Å². The average molecular weight is 435 g/mol. The van der Waals surface area contributed by atoms with Gasteiger partial charge in [0.05, 0.1) is 21.3 Å². The number of hydrogen-bond acceptors (Lipinski definition) is 5. The Kier molecular flexibility index (Phi) is 8.66. The molecule has 1 amide bonds. The van der Waals surface area contributed by atoms with Crippen molar-refractivity contribution in [2.45, 2.75) is 20.5 Å². The van der Waals surface area contributed by atoms with Crippen LogP contribution in [0.4, 0.5) is 8.78 Å². The van der Waals surface area contributed by atoms with Gasteiger partial charge in [-0.1, -0.05) is 12.1 Å². The van der Waals surface area contributed by atoms with Crippen LogP contribution in [0.15, 0.2) is 36.4 Å². The molecule has 0 N–H and O–H groups in total. The third kappa shape index (κ3) is 5.87. The Morgan fingerprint density at radius 3 is 2.03 bits per heavy atom. The van der Waals surface area contributed by atoms with Crippen molar-refractivity contribution < 1.29 is 32.5 Å². The first-order chi connectivity index (χ1) is 14.9. The van der Waals surface area contributed by atoms with Crippen molar-refractivity contribution in [3.05, 3.63) is 47.5 Å². The number of methoxy groups -OCH3 is 3. The number of hydrogen-bond donors (Lipinski definition) is 0. The number of amides is 1. The largest absolute Gasteiger partial charge is 0.493 e. The van der Waals surface area contributed by atoms with Crippen molar-refractivity contribution in [2.24, 2.45) is 0 Å². The lowest BCUT2D eigenvalue weighted by molar-refractivity contribution is -0.124. The lowest BCUT2D eigenvalue weighted by atomic mass is 10.0. The first-order valence-electron chi connectivity index (χ1n) is 9.74. The summed E-state index contributed by atoms with van der Waals surface area (Å²) in [5.74, 6) is 0.894. The number of carbonyl (C=O) groups excluding carboxylic acids is 1. The van der Waals surface area contributed by atoms with Crippen LogP contribution in [0.1, 0.15) is 25.0 Å². The van der Waals surface area contributed by atoms with Crippen LogP contribution in [0, 0.1) is 0 Å². The maximum absolute atomic E-state index is 13.3. The Hall–Kier alpha value is -3.29. The van der Waals surface area contributed by atoms with Crippen LogP contribution in [0.25, 0.3) is 11.6 Å². The SMILES string of the molecule is CCN(CC)C(=O)C(=Cc1ccc(OC(F)F)c(OC)c1)c1ccc(OC)c(OC)c1. The summed E-state index contributed by atoms with van der Waals surface area (Å²) in [6.45, 7) is 1.89. The van der Waals surface area contributed by atoms with Crippen molar-refractivity contribution >= 4 is 17.6 Å². The molecule has 0 radical (unpaired) electrons. The van der Waals surface area contributed by atoms with Crippen LogP contribution in [0.2, 0.25) is 0 Å². The van der Waals surface area contributed by atoms with E-state index in [2.05, 4.69) is 4.74 Å². The first-order valence-corrected chi connectivity index (χ1v) is 9.74. The van der Waals surface area contributed by atoms with Crippen molar-refractivity contribution in [2.75, 3.05) is 34.4 Å². The van der Waals surface area contributed by atoms with E-state index in [-0.39, 0.29) is 17.4 Å². The van der Waals surface area contributed by atoms with Gasteiger partial charge in [0.1, 0.15) is 0 Å². The van der Waals surface area contributed by atoms with E-state index in [9.17, 15) is 13.6 Å². The average Bonchev–Trinajstić information content (AvgIpc) is 2.78. The third-order valence-corrected chi connectivity index (χ3v) is 4.69. The minimum atomic E-state index is -2.97. The summed E-state index contributed by atoms with van der Waals surface area (Å²) in [6.07, 6.45) is 1.68. The van der Waals surface area contributed by atoms with Crippen LogP contribution in [-0.4, -0.2) is 51.8 Å². The molecule has 0 aliphatic carbocycles. The van der Waals surface area contributed by atoms with Crippen molar-refractivity contribution in [1.29, 1.82) is 0 Å². The van der Waals surface area contributed by atoms with Crippen molar-refractivity contribution in [3.63, 3.8) is 0 Å². The number of halogens is 2. The van der Waals surface area contributed by atoms with E-state index in [4.69, 9.17) is 14.2 Å². The third-order valence-electron chi connectivity index (χ3n) is 4.69. The molecule has 0 aliphatic rings. The zero-order chi connectivity index (χ0) is 23.0. The van der Waals surface area contributed by atoms with E-state index in [1.807, 2.05) is 13.8 Å². The Morgan fingerprint density at radius 1 is 0.903 bits per heavy atom. The zero-order valence-corrected chi connectivity index (χ0v) is 18.3. The molecular formula is C23H27F2NO5. The van der Waals surface area contributed by atoms with E-state index in [0.717, 1.165) is 0 Å². The molecule has 0 unspecified atom stereocenters. The van der Waals surface area contributed by atoms with Crippen LogP contribution in [0.3, 0.4) is 0 Å². The van der Waals surface area contributed by atoms with Gasteiger partial charge in [-0.2, -0.15) is 8.78 Å². The van der Waals surface area contributed by atoms with Gasteiger partial charge >= 0.3 is 6.61 Å². The van der Waals surface area contributed by atoms with Gasteiger partial charge in [0.2, 0.25) is 0 Å². The molecule has 2 aromatic rings. The standard InChI is InChI=1S/C23H27F2NO5/c1-6-26(7-2)22(27)17(16-9-11-18(28-3)21(14-16)30-5)12-15-8-10-19(31-23(24)25)20(13-15)29-4/h8-14,23H,6-7H2,1-5H3. The maximum Gasteiger partial charge on any atom is 0.387 e. The second-order valence-corrected chi connectivity index (χ2v) is 6.39. The number of carbonyl (C=O) groups is 1. The Morgan fingerprint density at radius 2 is 1.48 bits per heavy atom. The van der Waals surface area contributed by atoms with Gasteiger partial charge in [-0.05, 0) is 55.3 Å². The fourth-order valence-electron chi connectivity index (χ4n) is 3.09. The number of nitrogens with zero attached hydrogens (tertiary/aromatic N) is 1. The molecular weight excluding hydrogens is 408 g/mol. The van der Waals surface area contributed by atoms with E-state index >= 15 is 0 Å². The van der Waals surface area contributed by atoms with E-state index in [1.54, 1.807) is 35.2 Å². The number of benzene rings is 2. The molecule has 0 atom stereocenters. The predicted octanol–water partition coefficient (Wildman–Crippen LogP) is 4.72. The molecule has 2 rings (SSSR count). The highest BCUT2D eigenvalue weighted by Gasteiger charge is 2.20. The molecule has 0 saturated carbocycles. The summed E-state index contributed by atoms with van der Waals surface area (Å²) >= 11 is 0. The smallest absolute Gasteiger partial charge is 0.387 e. The first kappa shape index (κ1) is 24.0. The Labute approximate surface area is 181 Å². The molecule has 31 heavy (non-hydrogen) atoms. The fraction of sp³-hybridized carbons (Fsp3) is 0.348. The van der Waals surface area contributed by atoms with Crippen molar-refractivity contribution in [1.82, 2.24) is 4.90 Å². The molecule has 8 heteroatoms. The van der Waals surface area contributed by atoms with Crippen LogP contribution in [-0.2, 0) is 4.79 Å². The summed E-state index contributed by atoms with van der Waals surface area (Å²) < 4.78 is 45.5. The van der Waals surface area contributed by atoms with Gasteiger partial charge in [0.15, 0.2) is 23.0 Å². The Balaban J connectivity index is 2.60. The lowest BCUT2D eigenvalue weighted by Crippen LogP contribution is -2.31. The molecule has 0 aromatic heterocycles. The van der Waals surface area contributed by atoms with Crippen molar-refractivity contribution in [3.8, 4) is 23.0 Å². The highest BCUT2D eigenvalue weighted by atomic mass is 19.3. The molecule has 168 valence electrons. The number of ether oxygens (including phenoxy) is 4. The second kappa shape index (κ2) is 11.2. The van der Waals surface area contributed by atoms with Gasteiger partial charge in [-0.25, -0.2) is 0 Å². The zero-order valence-electron chi connectivity index (χ0n) is 18.3. The van der Waals surface area contributed by atoms with Gasteiger partial charge in [-0.15, -0.1) is 0 Å². The minimum Gasteiger partial charge on any atom is -0.493 e. The second-order valence-electron chi connectivity index (χ2n) is 6.39. The Bertz CT molecular complexity index is 926. The highest BCUT2D eigenvalue weighted by molar-refractivity contribution is 6.24. The van der Waals surface area contributed by atoms with E-state index in [0.29, 0.717) is 41.3 Å². The van der Waals surface area contributed by atoms with Gasteiger partial charge in [-0.3, -0.25) is 4.79 Å². The maximum atomic E-state index is 13.3. The summed E-state index contributed by atoms with van der Waals surface area (Å²) in [4.78, 5) is 15.0. The van der Waals surface area contributed by atoms with Gasteiger partial charge < -0.3 is 23.8 Å². The summed E-state index contributed by atoms with van der Waals surface area (Å²) in [5.41, 5.74) is 1.62. The molecule has 0 fully saturated rings. The quantitative estimate of drug-likeness (QED) is 0.399. The summed E-state index contributed by atoms with van der Waals surface area (Å²) in [6, 6.07) is 9.70. The number of rotatable bonds is 10.